The van der Waals surface area contributed by atoms with Gasteiger partial charge in [0.25, 0.3) is 0 Å². The Hall–Kier alpha value is -1.10. The van der Waals surface area contributed by atoms with Crippen LogP contribution < -0.4 is 10.6 Å². The zero-order chi connectivity index (χ0) is 13.1. The number of carbonyl (C=O) groups excluding carboxylic acids is 2. The third-order valence-electron chi connectivity index (χ3n) is 2.51. The van der Waals surface area contributed by atoms with Crippen molar-refractivity contribution in [2.75, 3.05) is 32.7 Å². The second-order valence-corrected chi connectivity index (χ2v) is 3.84. The van der Waals surface area contributed by atoms with E-state index >= 15 is 0 Å². The van der Waals surface area contributed by atoms with Gasteiger partial charge in [-0.3, -0.25) is 9.59 Å². The van der Waals surface area contributed by atoms with Gasteiger partial charge in [-0.05, 0) is 20.4 Å². The van der Waals surface area contributed by atoms with Crippen molar-refractivity contribution >= 4 is 11.8 Å². The summed E-state index contributed by atoms with van der Waals surface area (Å²) < 4.78 is 0. The maximum Gasteiger partial charge on any atom is 0.221 e. The van der Waals surface area contributed by atoms with Crippen molar-refractivity contribution in [2.45, 2.75) is 33.6 Å². The van der Waals surface area contributed by atoms with Crippen LogP contribution in [-0.2, 0) is 9.59 Å². The molecule has 17 heavy (non-hydrogen) atoms. The van der Waals surface area contributed by atoms with Crippen LogP contribution in [0.25, 0.3) is 0 Å². The highest BCUT2D eigenvalue weighted by Crippen LogP contribution is 1.94. The van der Waals surface area contributed by atoms with E-state index in [0.717, 1.165) is 6.54 Å². The molecule has 2 amide bonds. The normalized spacial score (nSPS) is 10.4. The molecule has 2 N–H and O–H groups in total. The Morgan fingerprint density at radius 3 is 1.59 bits per heavy atom. The molecule has 0 aliphatic heterocycles. The van der Waals surface area contributed by atoms with Crippen LogP contribution in [0.4, 0.5) is 0 Å². The zero-order valence-corrected chi connectivity index (χ0v) is 11.2. The summed E-state index contributed by atoms with van der Waals surface area (Å²) in [5, 5.41) is 5.53. The number of hydrogen-bond acceptors (Lipinski definition) is 3. The quantitative estimate of drug-likeness (QED) is 0.615. The number of rotatable bonds is 9. The number of nitrogens with zero attached hydrogens (tertiary/aromatic N) is 1. The Kier molecular flexibility index (Phi) is 9.43. The average Bonchev–Trinajstić information content (AvgIpc) is 2.30. The molecule has 0 saturated heterocycles. The van der Waals surface area contributed by atoms with Crippen molar-refractivity contribution in [3.63, 3.8) is 0 Å². The van der Waals surface area contributed by atoms with Gasteiger partial charge >= 0.3 is 0 Å². The van der Waals surface area contributed by atoms with Crippen LogP contribution >= 0.6 is 0 Å². The monoisotopic (exact) mass is 243 g/mol. The molecule has 0 atom stereocenters. The van der Waals surface area contributed by atoms with Crippen molar-refractivity contribution in [3.05, 3.63) is 0 Å². The van der Waals surface area contributed by atoms with E-state index in [1.54, 1.807) is 0 Å². The number of carbonyl (C=O) groups is 2. The van der Waals surface area contributed by atoms with Gasteiger partial charge in [0.2, 0.25) is 11.8 Å². The van der Waals surface area contributed by atoms with Crippen molar-refractivity contribution < 1.29 is 9.59 Å². The minimum absolute atomic E-state index is 0.0731. The standard InChI is InChI=1S/C12H25N3O2/c1-4-13-11(16)7-9-15(6-3)10-8-12(17)14-5-2/h4-10H2,1-3H3,(H,13,16)(H,14,17). The summed E-state index contributed by atoms with van der Waals surface area (Å²) in [7, 11) is 0. The number of hydrogen-bond donors (Lipinski definition) is 2. The van der Waals surface area contributed by atoms with Crippen molar-refractivity contribution in [2.24, 2.45) is 0 Å². The molecule has 0 bridgehead atoms. The maximum absolute atomic E-state index is 11.3. The highest BCUT2D eigenvalue weighted by Gasteiger charge is 2.08. The lowest BCUT2D eigenvalue weighted by Gasteiger charge is -2.19. The molecule has 0 rings (SSSR count). The molecule has 0 heterocycles. The van der Waals surface area contributed by atoms with Crippen LogP contribution in [-0.4, -0.2) is 49.4 Å². The predicted molar refractivity (Wildman–Crippen MR) is 68.7 cm³/mol. The molecule has 0 radical (unpaired) electrons. The van der Waals surface area contributed by atoms with Gasteiger partial charge in [0, 0.05) is 39.0 Å². The van der Waals surface area contributed by atoms with E-state index in [-0.39, 0.29) is 11.8 Å². The summed E-state index contributed by atoms with van der Waals surface area (Å²) in [5.74, 6) is 0.146. The lowest BCUT2D eigenvalue weighted by molar-refractivity contribution is -0.121. The summed E-state index contributed by atoms with van der Waals surface area (Å²) in [6.45, 7) is 9.47. The highest BCUT2D eigenvalue weighted by molar-refractivity contribution is 5.76. The topological polar surface area (TPSA) is 61.4 Å². The van der Waals surface area contributed by atoms with Gasteiger partial charge in [0.1, 0.15) is 0 Å². The lowest BCUT2D eigenvalue weighted by atomic mass is 10.3. The van der Waals surface area contributed by atoms with Gasteiger partial charge in [-0.1, -0.05) is 6.92 Å². The maximum atomic E-state index is 11.3. The van der Waals surface area contributed by atoms with Crippen LogP contribution in [0.3, 0.4) is 0 Å². The molecule has 0 spiro atoms. The summed E-state index contributed by atoms with van der Waals surface area (Å²) in [4.78, 5) is 24.7. The van der Waals surface area contributed by atoms with Crippen molar-refractivity contribution in [3.8, 4) is 0 Å². The smallest absolute Gasteiger partial charge is 0.221 e. The van der Waals surface area contributed by atoms with E-state index in [0.29, 0.717) is 39.0 Å². The molecular formula is C12H25N3O2. The molecule has 5 heteroatoms. The van der Waals surface area contributed by atoms with Crippen LogP contribution in [0.5, 0.6) is 0 Å². The third kappa shape index (κ3) is 8.68. The molecule has 100 valence electrons. The van der Waals surface area contributed by atoms with E-state index in [1.165, 1.54) is 0 Å². The summed E-state index contributed by atoms with van der Waals surface area (Å²) in [6.07, 6.45) is 0.994. The first-order chi connectivity index (χ1) is 8.13. The molecule has 0 aromatic rings. The van der Waals surface area contributed by atoms with Gasteiger partial charge in [-0.2, -0.15) is 0 Å². The Bertz CT molecular complexity index is 210. The van der Waals surface area contributed by atoms with Crippen LogP contribution in [0, 0.1) is 0 Å². The number of nitrogens with one attached hydrogen (secondary N) is 2. The largest absolute Gasteiger partial charge is 0.356 e. The second-order valence-electron chi connectivity index (χ2n) is 3.84. The molecule has 0 aromatic heterocycles. The van der Waals surface area contributed by atoms with E-state index in [9.17, 15) is 9.59 Å². The fourth-order valence-corrected chi connectivity index (χ4v) is 1.52. The van der Waals surface area contributed by atoms with Crippen LogP contribution in [0.1, 0.15) is 33.6 Å². The molecule has 0 fully saturated rings. The number of amides is 2. The predicted octanol–water partition coefficient (Wildman–Crippen LogP) is 0.361. The molecule has 0 aliphatic rings. The Morgan fingerprint density at radius 1 is 0.882 bits per heavy atom. The third-order valence-corrected chi connectivity index (χ3v) is 2.51. The summed E-state index contributed by atoms with van der Waals surface area (Å²) in [6, 6.07) is 0. The van der Waals surface area contributed by atoms with Gasteiger partial charge in [0.15, 0.2) is 0 Å². The first-order valence-electron chi connectivity index (χ1n) is 6.39. The summed E-state index contributed by atoms with van der Waals surface area (Å²) in [5.41, 5.74) is 0. The fourth-order valence-electron chi connectivity index (χ4n) is 1.52. The summed E-state index contributed by atoms with van der Waals surface area (Å²) >= 11 is 0. The van der Waals surface area contributed by atoms with Crippen molar-refractivity contribution in [1.82, 2.24) is 15.5 Å². The molecular weight excluding hydrogens is 218 g/mol. The van der Waals surface area contributed by atoms with E-state index in [4.69, 9.17) is 0 Å². The Morgan fingerprint density at radius 2 is 1.29 bits per heavy atom. The SMILES string of the molecule is CCNC(=O)CCN(CC)CCC(=O)NCC. The Balaban J connectivity index is 3.76. The van der Waals surface area contributed by atoms with Gasteiger partial charge in [0.05, 0.1) is 0 Å². The van der Waals surface area contributed by atoms with E-state index < -0.39 is 0 Å². The van der Waals surface area contributed by atoms with Gasteiger partial charge < -0.3 is 15.5 Å². The lowest BCUT2D eigenvalue weighted by Crippen LogP contribution is -2.34. The minimum atomic E-state index is 0.0731. The molecule has 5 nitrogen and oxygen atoms in total. The molecule has 0 unspecified atom stereocenters. The van der Waals surface area contributed by atoms with Gasteiger partial charge in [-0.15, -0.1) is 0 Å². The minimum Gasteiger partial charge on any atom is -0.356 e. The van der Waals surface area contributed by atoms with Crippen molar-refractivity contribution in [1.29, 1.82) is 0 Å². The van der Waals surface area contributed by atoms with E-state index in [1.807, 2.05) is 20.8 Å². The molecule has 0 saturated carbocycles. The first-order valence-corrected chi connectivity index (χ1v) is 6.39. The first kappa shape index (κ1) is 15.9. The molecule has 0 aliphatic carbocycles. The Labute approximate surface area is 104 Å². The van der Waals surface area contributed by atoms with Crippen LogP contribution in [0.2, 0.25) is 0 Å². The van der Waals surface area contributed by atoms with Gasteiger partial charge in [-0.25, -0.2) is 0 Å². The highest BCUT2D eigenvalue weighted by atomic mass is 16.2. The zero-order valence-electron chi connectivity index (χ0n) is 11.2. The van der Waals surface area contributed by atoms with E-state index in [2.05, 4.69) is 15.5 Å². The van der Waals surface area contributed by atoms with Crippen LogP contribution in [0.15, 0.2) is 0 Å². The average molecular weight is 243 g/mol. The molecule has 0 aromatic carbocycles. The second kappa shape index (κ2) is 10.1. The fraction of sp³-hybridized carbons (Fsp3) is 0.833.